The molecule has 2 aromatic rings. The summed E-state index contributed by atoms with van der Waals surface area (Å²) >= 11 is 12.2. The summed E-state index contributed by atoms with van der Waals surface area (Å²) < 4.78 is 18.1. The first-order chi connectivity index (χ1) is 18.2. The Bertz CT molecular complexity index is 1280. The first kappa shape index (κ1) is 29.3. The molecule has 1 aliphatic rings. The SMILES string of the molecule is C=CCOc1c(Br)cc(C=NNC(=O)COc2ccccc2[C@H]2NC(=S)NC(C)=C2C(=O)OCC)cc1Br. The van der Waals surface area contributed by atoms with Crippen LogP contribution in [0.2, 0.25) is 0 Å². The van der Waals surface area contributed by atoms with E-state index >= 15 is 0 Å². The molecule has 0 saturated heterocycles. The van der Waals surface area contributed by atoms with Crippen LogP contribution in [0.3, 0.4) is 0 Å². The Morgan fingerprint density at radius 3 is 2.61 bits per heavy atom. The van der Waals surface area contributed by atoms with Gasteiger partial charge in [0.2, 0.25) is 0 Å². The molecule has 0 unspecified atom stereocenters. The molecule has 12 heteroatoms. The van der Waals surface area contributed by atoms with Gasteiger partial charge in [0.1, 0.15) is 18.1 Å². The van der Waals surface area contributed by atoms with E-state index in [0.29, 0.717) is 40.1 Å². The van der Waals surface area contributed by atoms with Crippen LogP contribution in [0.15, 0.2) is 74.4 Å². The molecule has 9 nitrogen and oxygen atoms in total. The lowest BCUT2D eigenvalue weighted by molar-refractivity contribution is -0.139. The van der Waals surface area contributed by atoms with Gasteiger partial charge in [-0.3, -0.25) is 4.79 Å². The van der Waals surface area contributed by atoms with Gasteiger partial charge in [-0.05, 0) is 81.7 Å². The monoisotopic (exact) mass is 664 g/mol. The highest BCUT2D eigenvalue weighted by Crippen LogP contribution is 2.35. The lowest BCUT2D eigenvalue weighted by atomic mass is 9.95. The van der Waals surface area contributed by atoms with E-state index in [9.17, 15) is 9.59 Å². The van der Waals surface area contributed by atoms with Crippen molar-refractivity contribution in [1.82, 2.24) is 16.1 Å². The molecule has 1 amide bonds. The van der Waals surface area contributed by atoms with Gasteiger partial charge in [-0.25, -0.2) is 10.2 Å². The normalized spacial score (nSPS) is 14.9. The number of esters is 1. The second-order valence-electron chi connectivity index (χ2n) is 7.82. The summed E-state index contributed by atoms with van der Waals surface area (Å²) in [4.78, 5) is 25.1. The molecule has 38 heavy (non-hydrogen) atoms. The third-order valence-corrected chi connectivity index (χ3v) is 6.52. The van der Waals surface area contributed by atoms with Crippen LogP contribution in [-0.2, 0) is 14.3 Å². The molecule has 0 spiro atoms. The zero-order valence-electron chi connectivity index (χ0n) is 20.7. The van der Waals surface area contributed by atoms with Gasteiger partial charge >= 0.3 is 5.97 Å². The van der Waals surface area contributed by atoms with E-state index in [1.54, 1.807) is 56.3 Å². The number of nitrogens with one attached hydrogen (secondary N) is 3. The topological polar surface area (TPSA) is 110 Å². The second-order valence-corrected chi connectivity index (χ2v) is 9.94. The molecule has 1 heterocycles. The maximum absolute atomic E-state index is 12.7. The Hall–Kier alpha value is -3.22. The second kappa shape index (κ2) is 14.1. The molecule has 1 aliphatic heterocycles. The van der Waals surface area contributed by atoms with Crippen LogP contribution in [0.5, 0.6) is 11.5 Å². The number of rotatable bonds is 11. The number of ether oxygens (including phenoxy) is 3. The Morgan fingerprint density at radius 2 is 1.92 bits per heavy atom. The highest BCUT2D eigenvalue weighted by molar-refractivity contribution is 9.11. The Morgan fingerprint density at radius 1 is 1.21 bits per heavy atom. The van der Waals surface area contributed by atoms with Crippen LogP contribution in [-0.4, -0.2) is 43.0 Å². The van der Waals surface area contributed by atoms with Crippen LogP contribution in [0.4, 0.5) is 0 Å². The number of benzene rings is 2. The third-order valence-electron chi connectivity index (χ3n) is 5.12. The highest BCUT2D eigenvalue weighted by Gasteiger charge is 2.32. The largest absolute Gasteiger partial charge is 0.487 e. The Kier molecular flexibility index (Phi) is 10.9. The number of carbonyl (C=O) groups excluding carboxylic acids is 2. The summed E-state index contributed by atoms with van der Waals surface area (Å²) in [6, 6.07) is 10.1. The van der Waals surface area contributed by atoms with Crippen molar-refractivity contribution >= 4 is 67.3 Å². The Balaban J connectivity index is 1.68. The molecule has 0 aromatic heterocycles. The van der Waals surface area contributed by atoms with Crippen LogP contribution in [0.25, 0.3) is 0 Å². The van der Waals surface area contributed by atoms with E-state index in [0.717, 1.165) is 14.5 Å². The maximum Gasteiger partial charge on any atom is 0.338 e. The smallest absolute Gasteiger partial charge is 0.338 e. The van der Waals surface area contributed by atoms with E-state index in [4.69, 9.17) is 26.4 Å². The minimum Gasteiger partial charge on any atom is -0.487 e. The van der Waals surface area contributed by atoms with Crippen molar-refractivity contribution in [2.24, 2.45) is 5.10 Å². The van der Waals surface area contributed by atoms with Gasteiger partial charge < -0.3 is 24.8 Å². The number of nitrogens with zero attached hydrogens (tertiary/aromatic N) is 1. The van der Waals surface area contributed by atoms with Gasteiger partial charge in [0, 0.05) is 11.3 Å². The maximum atomic E-state index is 12.7. The molecule has 3 N–H and O–H groups in total. The fraction of sp³-hybridized carbons (Fsp3) is 0.231. The van der Waals surface area contributed by atoms with Gasteiger partial charge in [0.05, 0.1) is 33.4 Å². The average Bonchev–Trinajstić information content (AvgIpc) is 2.87. The quantitative estimate of drug-likeness (QED) is 0.105. The lowest BCUT2D eigenvalue weighted by Gasteiger charge is -2.30. The summed E-state index contributed by atoms with van der Waals surface area (Å²) in [6.07, 6.45) is 3.15. The minimum absolute atomic E-state index is 0.229. The van der Waals surface area contributed by atoms with E-state index in [2.05, 4.69) is 59.6 Å². The third kappa shape index (κ3) is 7.65. The number of halogens is 2. The molecular formula is C26H26Br2N4O5S. The molecule has 3 rings (SSSR count). The van der Waals surface area contributed by atoms with Crippen LogP contribution in [0.1, 0.15) is 31.0 Å². The molecule has 0 saturated carbocycles. The van der Waals surface area contributed by atoms with Crippen molar-refractivity contribution in [2.75, 3.05) is 19.8 Å². The van der Waals surface area contributed by atoms with E-state index in [1.807, 2.05) is 0 Å². The minimum atomic E-state index is -0.615. The van der Waals surface area contributed by atoms with Crippen LogP contribution < -0.4 is 25.5 Å². The zero-order valence-corrected chi connectivity index (χ0v) is 24.7. The number of hydrogen-bond acceptors (Lipinski definition) is 7. The number of hydrazone groups is 1. The van der Waals surface area contributed by atoms with Crippen molar-refractivity contribution in [1.29, 1.82) is 0 Å². The summed E-state index contributed by atoms with van der Waals surface area (Å²) in [5.74, 6) is 0.105. The molecule has 0 radical (unpaired) electrons. The number of allylic oxidation sites excluding steroid dienone is 1. The Labute approximate surface area is 242 Å². The number of thiocarbonyl (C=S) groups is 1. The van der Waals surface area contributed by atoms with Crippen molar-refractivity contribution in [2.45, 2.75) is 19.9 Å². The fourth-order valence-electron chi connectivity index (χ4n) is 3.55. The van der Waals surface area contributed by atoms with E-state index in [-0.39, 0.29) is 13.2 Å². The lowest BCUT2D eigenvalue weighted by Crippen LogP contribution is -2.45. The summed E-state index contributed by atoms with van der Waals surface area (Å²) in [5, 5.41) is 10.4. The van der Waals surface area contributed by atoms with Crippen LogP contribution in [0, 0.1) is 0 Å². The number of amides is 1. The highest BCUT2D eigenvalue weighted by atomic mass is 79.9. The van der Waals surface area contributed by atoms with Crippen molar-refractivity contribution in [3.63, 3.8) is 0 Å². The van der Waals surface area contributed by atoms with Crippen molar-refractivity contribution in [3.05, 3.63) is 80.4 Å². The summed E-state index contributed by atoms with van der Waals surface area (Å²) in [7, 11) is 0. The molecule has 0 aliphatic carbocycles. The van der Waals surface area contributed by atoms with Crippen molar-refractivity contribution < 1.29 is 23.8 Å². The molecule has 1 atom stereocenters. The van der Waals surface area contributed by atoms with Gasteiger partial charge in [0.25, 0.3) is 5.91 Å². The van der Waals surface area contributed by atoms with Gasteiger partial charge in [0.15, 0.2) is 11.7 Å². The molecule has 0 bridgehead atoms. The van der Waals surface area contributed by atoms with Gasteiger partial charge in [-0.1, -0.05) is 30.9 Å². The standard InChI is InChI=1S/C26H26Br2N4O5S/c1-4-10-36-24-18(27)11-16(12-19(24)28)13-29-32-21(33)14-37-20-9-7-6-8-17(20)23-22(25(34)35-5-2)15(3)30-26(38)31-23/h4,6-9,11-13,23H,1,5,10,14H2,2-3H3,(H,32,33)(H2,30,31,38)/t23-/m1/s1. The zero-order chi connectivity index (χ0) is 27.7. The molecule has 0 fully saturated rings. The first-order valence-electron chi connectivity index (χ1n) is 11.5. The van der Waals surface area contributed by atoms with Gasteiger partial charge in [-0.15, -0.1) is 0 Å². The van der Waals surface area contributed by atoms with Gasteiger partial charge in [-0.2, -0.15) is 5.10 Å². The predicted molar refractivity (Wildman–Crippen MR) is 156 cm³/mol. The number of hydrogen-bond donors (Lipinski definition) is 3. The number of para-hydroxylation sites is 1. The average molecular weight is 666 g/mol. The predicted octanol–water partition coefficient (Wildman–Crippen LogP) is 4.66. The van der Waals surface area contributed by atoms with E-state index in [1.165, 1.54) is 6.21 Å². The number of carbonyl (C=O) groups is 2. The van der Waals surface area contributed by atoms with E-state index < -0.39 is 17.9 Å². The first-order valence-corrected chi connectivity index (χ1v) is 13.5. The fourth-order valence-corrected chi connectivity index (χ4v) is 5.27. The molecular weight excluding hydrogens is 640 g/mol. The van der Waals surface area contributed by atoms with Crippen molar-refractivity contribution in [3.8, 4) is 11.5 Å². The molecule has 200 valence electrons. The summed E-state index contributed by atoms with van der Waals surface area (Å²) in [6.45, 7) is 7.42. The summed E-state index contributed by atoms with van der Waals surface area (Å²) in [5.41, 5.74) is 4.76. The molecule has 2 aromatic carbocycles. The van der Waals surface area contributed by atoms with Crippen LogP contribution >= 0.6 is 44.1 Å².